The van der Waals surface area contributed by atoms with Crippen LogP contribution in [0, 0.1) is 5.41 Å². The fourth-order valence-electron chi connectivity index (χ4n) is 3.76. The Morgan fingerprint density at radius 2 is 1.52 bits per heavy atom. The topological polar surface area (TPSA) is 24.9 Å². The van der Waals surface area contributed by atoms with Crippen molar-refractivity contribution in [1.29, 1.82) is 0 Å². The molecule has 0 aromatic carbocycles. The fraction of sp³-hybridized carbons (Fsp3) is 1.00. The van der Waals surface area contributed by atoms with Crippen LogP contribution in [0.5, 0.6) is 0 Å². The first-order valence-electron chi connectivity index (χ1n) is 8.72. The van der Waals surface area contributed by atoms with Crippen LogP contribution < -0.4 is 0 Å². The van der Waals surface area contributed by atoms with Crippen LogP contribution in [0.2, 0.25) is 0 Å². The van der Waals surface area contributed by atoms with Crippen LogP contribution in [0.15, 0.2) is 0 Å². The molecule has 2 rings (SSSR count). The van der Waals surface area contributed by atoms with Crippen molar-refractivity contribution in [3.05, 3.63) is 0 Å². The summed E-state index contributed by atoms with van der Waals surface area (Å²) in [5.41, 5.74) is 0.691. The van der Waals surface area contributed by atoms with Gasteiger partial charge in [-0.3, -0.25) is 0 Å². The Labute approximate surface area is 130 Å². The van der Waals surface area contributed by atoms with Gasteiger partial charge in [-0.15, -0.1) is 0 Å². The molecule has 2 fully saturated rings. The van der Waals surface area contributed by atoms with E-state index in [9.17, 15) is 0 Å². The first-order valence-corrected chi connectivity index (χ1v) is 8.72. The van der Waals surface area contributed by atoms with E-state index in [0.717, 1.165) is 32.7 Å². The monoisotopic (exact) mass is 298 g/mol. The predicted molar refractivity (Wildman–Crippen MR) is 86.8 cm³/mol. The lowest BCUT2D eigenvalue weighted by Gasteiger charge is -2.53. The zero-order chi connectivity index (χ0) is 15.0. The molecule has 4 heteroatoms. The number of likely N-dealkylation sites (tertiary alicyclic amines) is 2. The molecular formula is C17H34N2O2. The van der Waals surface area contributed by atoms with Gasteiger partial charge >= 0.3 is 0 Å². The molecule has 2 heterocycles. The average Bonchev–Trinajstić information content (AvgIpc) is 2.46. The third-order valence-electron chi connectivity index (χ3n) is 5.03. The summed E-state index contributed by atoms with van der Waals surface area (Å²) >= 11 is 0. The van der Waals surface area contributed by atoms with Crippen LogP contribution >= 0.6 is 0 Å². The highest BCUT2D eigenvalue weighted by atomic mass is 16.5. The molecule has 21 heavy (non-hydrogen) atoms. The molecule has 4 nitrogen and oxygen atoms in total. The molecule has 2 aliphatic rings. The number of piperidine rings is 1. The molecule has 0 aromatic rings. The molecule has 2 saturated heterocycles. The van der Waals surface area contributed by atoms with E-state index >= 15 is 0 Å². The Kier molecular flexibility index (Phi) is 7.44. The maximum Gasteiger partial charge on any atom is 0.0466 e. The van der Waals surface area contributed by atoms with Crippen molar-refractivity contribution in [3.8, 4) is 0 Å². The lowest BCUT2D eigenvalue weighted by Crippen LogP contribution is -2.58. The molecule has 0 aromatic heterocycles. The predicted octanol–water partition coefficient (Wildman–Crippen LogP) is 2.24. The molecule has 1 spiro atoms. The van der Waals surface area contributed by atoms with E-state index in [-0.39, 0.29) is 0 Å². The highest BCUT2D eigenvalue weighted by Gasteiger charge is 2.42. The molecule has 0 amide bonds. The number of rotatable bonds is 10. The van der Waals surface area contributed by atoms with Gasteiger partial charge in [0.25, 0.3) is 0 Å². The maximum atomic E-state index is 5.66. The summed E-state index contributed by atoms with van der Waals surface area (Å²) in [6.07, 6.45) is 7.54. The second kappa shape index (κ2) is 9.09. The van der Waals surface area contributed by atoms with Gasteiger partial charge in [0.1, 0.15) is 0 Å². The lowest BCUT2D eigenvalue weighted by molar-refractivity contribution is -0.0317. The first-order chi connectivity index (χ1) is 10.2. The SMILES string of the molecule is COCCCCOCCCCN1CCC2(CC1)CN(C)C2. The Hall–Kier alpha value is -0.160. The second-order valence-electron chi connectivity index (χ2n) is 7.03. The summed E-state index contributed by atoms with van der Waals surface area (Å²) in [5.74, 6) is 0. The highest BCUT2D eigenvalue weighted by Crippen LogP contribution is 2.39. The van der Waals surface area contributed by atoms with Crippen molar-refractivity contribution < 1.29 is 9.47 Å². The number of methoxy groups -OCH3 is 1. The zero-order valence-electron chi connectivity index (χ0n) is 14.1. The van der Waals surface area contributed by atoms with E-state index in [0.29, 0.717) is 5.41 Å². The molecule has 0 saturated carbocycles. The molecule has 0 aliphatic carbocycles. The maximum absolute atomic E-state index is 5.66. The number of nitrogens with zero attached hydrogens (tertiary/aromatic N) is 2. The molecule has 0 radical (unpaired) electrons. The van der Waals surface area contributed by atoms with Crippen LogP contribution in [0.4, 0.5) is 0 Å². The van der Waals surface area contributed by atoms with E-state index < -0.39 is 0 Å². The number of unbranched alkanes of at least 4 members (excludes halogenated alkanes) is 2. The third-order valence-corrected chi connectivity index (χ3v) is 5.03. The molecule has 0 atom stereocenters. The number of ether oxygens (including phenoxy) is 2. The largest absolute Gasteiger partial charge is 0.385 e. The Morgan fingerprint density at radius 3 is 2.14 bits per heavy atom. The fourth-order valence-corrected chi connectivity index (χ4v) is 3.76. The smallest absolute Gasteiger partial charge is 0.0466 e. The van der Waals surface area contributed by atoms with Gasteiger partial charge in [0.05, 0.1) is 0 Å². The van der Waals surface area contributed by atoms with E-state index in [1.165, 1.54) is 58.4 Å². The summed E-state index contributed by atoms with van der Waals surface area (Å²) in [7, 11) is 4.00. The first kappa shape index (κ1) is 17.2. The summed E-state index contributed by atoms with van der Waals surface area (Å²) < 4.78 is 10.7. The summed E-state index contributed by atoms with van der Waals surface area (Å²) in [4.78, 5) is 5.11. The van der Waals surface area contributed by atoms with Gasteiger partial charge in [-0.25, -0.2) is 0 Å². The van der Waals surface area contributed by atoms with Gasteiger partial charge in [-0.05, 0) is 70.6 Å². The summed E-state index contributed by atoms with van der Waals surface area (Å²) in [6, 6.07) is 0. The summed E-state index contributed by atoms with van der Waals surface area (Å²) in [5, 5.41) is 0. The Bertz CT molecular complexity index is 270. The van der Waals surface area contributed by atoms with Crippen molar-refractivity contribution in [3.63, 3.8) is 0 Å². The molecular weight excluding hydrogens is 264 g/mol. The van der Waals surface area contributed by atoms with E-state index in [1.54, 1.807) is 7.11 Å². The van der Waals surface area contributed by atoms with Crippen molar-refractivity contribution in [1.82, 2.24) is 9.80 Å². The minimum atomic E-state index is 0.691. The van der Waals surface area contributed by atoms with Gasteiger partial charge in [0.15, 0.2) is 0 Å². The van der Waals surface area contributed by atoms with Crippen LogP contribution in [0.1, 0.15) is 38.5 Å². The van der Waals surface area contributed by atoms with E-state index in [1.807, 2.05) is 0 Å². The second-order valence-corrected chi connectivity index (χ2v) is 7.03. The van der Waals surface area contributed by atoms with Crippen LogP contribution in [0.3, 0.4) is 0 Å². The van der Waals surface area contributed by atoms with Crippen LogP contribution in [0.25, 0.3) is 0 Å². The molecule has 124 valence electrons. The van der Waals surface area contributed by atoms with Gasteiger partial charge < -0.3 is 19.3 Å². The van der Waals surface area contributed by atoms with Crippen molar-refractivity contribution in [2.75, 3.05) is 66.7 Å². The number of hydrogen-bond acceptors (Lipinski definition) is 4. The standard InChI is InChI=1S/C17H34N2O2/c1-18-15-17(16-18)7-10-19(11-8-17)9-3-4-13-21-14-6-5-12-20-2/h3-16H2,1-2H3. The van der Waals surface area contributed by atoms with Crippen molar-refractivity contribution in [2.45, 2.75) is 38.5 Å². The van der Waals surface area contributed by atoms with Gasteiger partial charge in [0.2, 0.25) is 0 Å². The Balaban J connectivity index is 1.39. The summed E-state index contributed by atoms with van der Waals surface area (Å²) in [6.45, 7) is 9.22. The Morgan fingerprint density at radius 1 is 0.905 bits per heavy atom. The van der Waals surface area contributed by atoms with Gasteiger partial charge in [-0.1, -0.05) is 0 Å². The van der Waals surface area contributed by atoms with Crippen molar-refractivity contribution >= 4 is 0 Å². The molecule has 0 N–H and O–H groups in total. The van der Waals surface area contributed by atoms with Crippen LogP contribution in [-0.4, -0.2) is 76.5 Å². The van der Waals surface area contributed by atoms with E-state index in [2.05, 4.69) is 16.8 Å². The minimum absolute atomic E-state index is 0.691. The van der Waals surface area contributed by atoms with E-state index in [4.69, 9.17) is 9.47 Å². The third kappa shape index (κ3) is 5.85. The van der Waals surface area contributed by atoms with Gasteiger partial charge in [-0.2, -0.15) is 0 Å². The minimum Gasteiger partial charge on any atom is -0.385 e. The highest BCUT2D eigenvalue weighted by molar-refractivity contribution is 4.96. The lowest BCUT2D eigenvalue weighted by atomic mass is 9.72. The molecule has 2 aliphatic heterocycles. The van der Waals surface area contributed by atoms with Crippen molar-refractivity contribution in [2.24, 2.45) is 5.41 Å². The average molecular weight is 298 g/mol. The quantitative estimate of drug-likeness (QED) is 0.578. The van der Waals surface area contributed by atoms with Crippen LogP contribution in [-0.2, 0) is 9.47 Å². The zero-order valence-corrected chi connectivity index (χ0v) is 14.1. The number of hydrogen-bond donors (Lipinski definition) is 0. The molecule has 0 unspecified atom stereocenters. The van der Waals surface area contributed by atoms with Gasteiger partial charge in [0, 0.05) is 40.0 Å². The normalized spacial score (nSPS) is 22.6. The molecule has 0 bridgehead atoms.